The maximum Gasteiger partial charge on any atom is 0.268 e. The smallest absolute Gasteiger partial charge is 0.268 e. The highest BCUT2D eigenvalue weighted by Crippen LogP contribution is 2.15. The van der Waals surface area contributed by atoms with Crippen molar-refractivity contribution in [3.63, 3.8) is 0 Å². The van der Waals surface area contributed by atoms with Crippen molar-refractivity contribution < 1.29 is 4.79 Å². The number of carbonyl (C=O) groups excluding carboxylic acids is 1. The van der Waals surface area contributed by atoms with E-state index in [1.54, 1.807) is 0 Å². The van der Waals surface area contributed by atoms with Gasteiger partial charge in [0.25, 0.3) is 5.91 Å². The third-order valence-electron chi connectivity index (χ3n) is 2.39. The van der Waals surface area contributed by atoms with E-state index in [1.165, 1.54) is 0 Å². The number of hydrogen-bond donors (Lipinski definition) is 1. The van der Waals surface area contributed by atoms with Crippen LogP contribution in [-0.2, 0) is 6.54 Å². The van der Waals surface area contributed by atoms with E-state index < -0.39 is 0 Å². The fraction of sp³-hybridized carbons (Fsp3) is 0.583. The van der Waals surface area contributed by atoms with Crippen molar-refractivity contribution in [1.82, 2.24) is 9.88 Å². The van der Waals surface area contributed by atoms with E-state index in [4.69, 9.17) is 0 Å². The number of thioether (sulfide) groups is 1. The summed E-state index contributed by atoms with van der Waals surface area (Å²) in [4.78, 5) is 12.0. The lowest BCUT2D eigenvalue weighted by Gasteiger charge is -2.13. The molecular formula is C12H19BrN2OS. The molecule has 1 N–H and O–H groups in total. The summed E-state index contributed by atoms with van der Waals surface area (Å²) in [5.74, 6) is 2.04. The van der Waals surface area contributed by atoms with E-state index in [9.17, 15) is 4.79 Å². The van der Waals surface area contributed by atoms with Gasteiger partial charge in [0.1, 0.15) is 5.69 Å². The van der Waals surface area contributed by atoms with Gasteiger partial charge in [-0.2, -0.15) is 11.8 Å². The topological polar surface area (TPSA) is 34.0 Å². The molecule has 0 aliphatic heterocycles. The Bertz CT molecular complexity index is 379. The molecule has 0 aromatic carbocycles. The predicted octanol–water partition coefficient (Wildman–Crippen LogP) is 3.14. The zero-order valence-corrected chi connectivity index (χ0v) is 12.9. The molecule has 5 heteroatoms. The lowest BCUT2D eigenvalue weighted by Crippen LogP contribution is -2.35. The van der Waals surface area contributed by atoms with Crippen LogP contribution in [0.25, 0.3) is 0 Å². The monoisotopic (exact) mass is 318 g/mol. The summed E-state index contributed by atoms with van der Waals surface area (Å²) in [6.45, 7) is 6.99. The van der Waals surface area contributed by atoms with Gasteiger partial charge >= 0.3 is 0 Å². The van der Waals surface area contributed by atoms with E-state index in [2.05, 4.69) is 28.2 Å². The molecule has 1 unspecified atom stereocenters. The molecule has 0 radical (unpaired) electrons. The molecule has 0 aliphatic rings. The fourth-order valence-electron chi connectivity index (χ4n) is 1.56. The second-order valence-corrected chi connectivity index (χ2v) is 6.10. The first-order valence-electron chi connectivity index (χ1n) is 5.82. The first-order chi connectivity index (χ1) is 8.08. The van der Waals surface area contributed by atoms with Gasteiger partial charge in [0.15, 0.2) is 0 Å². The predicted molar refractivity (Wildman–Crippen MR) is 77.7 cm³/mol. The first-order valence-corrected chi connectivity index (χ1v) is 7.77. The lowest BCUT2D eigenvalue weighted by atomic mass is 10.3. The van der Waals surface area contributed by atoms with Crippen LogP contribution in [0.2, 0.25) is 0 Å². The van der Waals surface area contributed by atoms with Gasteiger partial charge < -0.3 is 9.88 Å². The number of amides is 1. The van der Waals surface area contributed by atoms with Crippen LogP contribution in [0.3, 0.4) is 0 Å². The van der Waals surface area contributed by atoms with Gasteiger partial charge in [-0.05, 0) is 41.6 Å². The van der Waals surface area contributed by atoms with Crippen molar-refractivity contribution in [1.29, 1.82) is 0 Å². The Labute approximate surface area is 115 Å². The lowest BCUT2D eigenvalue weighted by molar-refractivity contribution is 0.0934. The second-order valence-electron chi connectivity index (χ2n) is 3.86. The molecule has 1 aromatic rings. The van der Waals surface area contributed by atoms with Crippen LogP contribution >= 0.6 is 27.7 Å². The zero-order valence-electron chi connectivity index (χ0n) is 10.5. The Hall–Kier alpha value is -0.420. The SMILES string of the molecule is CCSCC(C)NC(=O)c1cc(Br)cn1CC. The van der Waals surface area contributed by atoms with Gasteiger partial charge in [-0.1, -0.05) is 6.92 Å². The first kappa shape index (κ1) is 14.6. The summed E-state index contributed by atoms with van der Waals surface area (Å²) in [6, 6.07) is 2.06. The molecule has 1 aromatic heterocycles. The number of nitrogens with zero attached hydrogens (tertiary/aromatic N) is 1. The van der Waals surface area contributed by atoms with Crippen molar-refractivity contribution >= 4 is 33.6 Å². The number of carbonyl (C=O) groups is 1. The number of aromatic nitrogens is 1. The van der Waals surface area contributed by atoms with E-state index in [0.29, 0.717) is 5.69 Å². The van der Waals surface area contributed by atoms with E-state index in [1.807, 2.05) is 42.4 Å². The van der Waals surface area contributed by atoms with Crippen LogP contribution < -0.4 is 5.32 Å². The van der Waals surface area contributed by atoms with Gasteiger partial charge in [0.05, 0.1) is 0 Å². The van der Waals surface area contributed by atoms with Crippen molar-refractivity contribution in [2.24, 2.45) is 0 Å². The van der Waals surface area contributed by atoms with Crippen molar-refractivity contribution in [3.05, 3.63) is 22.4 Å². The zero-order chi connectivity index (χ0) is 12.8. The van der Waals surface area contributed by atoms with Crippen LogP contribution in [0.15, 0.2) is 16.7 Å². The average Bonchev–Trinajstić information content (AvgIpc) is 2.67. The van der Waals surface area contributed by atoms with Crippen molar-refractivity contribution in [2.75, 3.05) is 11.5 Å². The molecule has 1 rings (SSSR count). The summed E-state index contributed by atoms with van der Waals surface area (Å²) in [5.41, 5.74) is 0.715. The van der Waals surface area contributed by atoms with Crippen molar-refractivity contribution in [2.45, 2.75) is 33.4 Å². The normalized spacial score (nSPS) is 12.5. The average molecular weight is 319 g/mol. The molecule has 0 saturated carbocycles. The quantitative estimate of drug-likeness (QED) is 0.874. The molecule has 1 heterocycles. The molecule has 17 heavy (non-hydrogen) atoms. The molecular weight excluding hydrogens is 300 g/mol. The number of halogens is 1. The van der Waals surface area contributed by atoms with Crippen LogP contribution in [0, 0.1) is 0 Å². The number of rotatable bonds is 6. The Kier molecular flexibility index (Phi) is 6.12. The molecule has 1 atom stereocenters. The third-order valence-corrected chi connectivity index (χ3v) is 3.96. The Balaban J connectivity index is 2.62. The maximum atomic E-state index is 12.0. The minimum atomic E-state index is 0.00162. The standard InChI is InChI=1S/C12H19BrN2OS/c1-4-15-7-10(13)6-11(15)12(16)14-9(3)8-17-5-2/h6-7,9H,4-5,8H2,1-3H3,(H,14,16). The summed E-state index contributed by atoms with van der Waals surface area (Å²) < 4.78 is 2.89. The number of aryl methyl sites for hydroxylation is 1. The minimum Gasteiger partial charge on any atom is -0.347 e. The molecule has 0 bridgehead atoms. The third kappa shape index (κ3) is 4.39. The fourth-order valence-corrected chi connectivity index (χ4v) is 2.70. The van der Waals surface area contributed by atoms with Crippen molar-refractivity contribution in [3.8, 4) is 0 Å². The van der Waals surface area contributed by atoms with Crippen LogP contribution in [0.4, 0.5) is 0 Å². The van der Waals surface area contributed by atoms with Crippen LogP contribution in [0.5, 0.6) is 0 Å². The summed E-state index contributed by atoms with van der Waals surface area (Å²) in [7, 11) is 0. The molecule has 1 amide bonds. The maximum absolute atomic E-state index is 12.0. The van der Waals surface area contributed by atoms with Gasteiger partial charge in [0, 0.05) is 29.0 Å². The summed E-state index contributed by atoms with van der Waals surface area (Å²) in [6.07, 6.45) is 1.93. The largest absolute Gasteiger partial charge is 0.347 e. The summed E-state index contributed by atoms with van der Waals surface area (Å²) >= 11 is 5.23. The molecule has 0 fully saturated rings. The molecule has 0 aliphatic carbocycles. The van der Waals surface area contributed by atoms with E-state index in [-0.39, 0.29) is 11.9 Å². The minimum absolute atomic E-state index is 0.00162. The van der Waals surface area contributed by atoms with Crippen LogP contribution in [-0.4, -0.2) is 28.0 Å². The highest BCUT2D eigenvalue weighted by atomic mass is 79.9. The Morgan fingerprint density at radius 1 is 1.59 bits per heavy atom. The molecule has 3 nitrogen and oxygen atoms in total. The Morgan fingerprint density at radius 3 is 2.88 bits per heavy atom. The van der Waals surface area contributed by atoms with E-state index >= 15 is 0 Å². The number of hydrogen-bond acceptors (Lipinski definition) is 2. The summed E-state index contributed by atoms with van der Waals surface area (Å²) in [5, 5.41) is 3.02. The van der Waals surface area contributed by atoms with E-state index in [0.717, 1.165) is 22.5 Å². The highest BCUT2D eigenvalue weighted by Gasteiger charge is 2.14. The van der Waals surface area contributed by atoms with Gasteiger partial charge in [0.2, 0.25) is 0 Å². The van der Waals surface area contributed by atoms with Crippen LogP contribution in [0.1, 0.15) is 31.3 Å². The highest BCUT2D eigenvalue weighted by molar-refractivity contribution is 9.10. The molecule has 96 valence electrons. The number of nitrogens with one attached hydrogen (secondary N) is 1. The Morgan fingerprint density at radius 2 is 2.29 bits per heavy atom. The molecule has 0 saturated heterocycles. The second kappa shape index (κ2) is 7.11. The van der Waals surface area contributed by atoms with Gasteiger partial charge in [-0.3, -0.25) is 4.79 Å². The molecule has 0 spiro atoms. The van der Waals surface area contributed by atoms with Gasteiger partial charge in [-0.25, -0.2) is 0 Å². The van der Waals surface area contributed by atoms with Gasteiger partial charge in [-0.15, -0.1) is 0 Å².